The summed E-state index contributed by atoms with van der Waals surface area (Å²) in [6.07, 6.45) is 7.00. The lowest BCUT2D eigenvalue weighted by Gasteiger charge is -2.28. The molecule has 0 saturated carbocycles. The summed E-state index contributed by atoms with van der Waals surface area (Å²) in [5.74, 6) is 1.86. The summed E-state index contributed by atoms with van der Waals surface area (Å²) < 4.78 is 1.75. The van der Waals surface area contributed by atoms with Gasteiger partial charge in [0.25, 0.3) is 0 Å². The molecule has 1 heterocycles. The number of carbonyl (C=O) groups is 1. The lowest BCUT2D eigenvalue weighted by molar-refractivity contribution is -0.118. The number of primary amides is 1. The zero-order chi connectivity index (χ0) is 14.5. The van der Waals surface area contributed by atoms with Gasteiger partial charge in [-0.2, -0.15) is 5.10 Å². The first-order chi connectivity index (χ1) is 9.56. The summed E-state index contributed by atoms with van der Waals surface area (Å²) in [6, 6.07) is 1.94. The molecule has 5 nitrogen and oxygen atoms in total. The highest BCUT2D eigenvalue weighted by Gasteiger charge is 2.21. The van der Waals surface area contributed by atoms with Crippen LogP contribution in [-0.2, 0) is 11.3 Å². The van der Waals surface area contributed by atoms with E-state index < -0.39 is 0 Å². The predicted molar refractivity (Wildman–Crippen MR) is 80.2 cm³/mol. The van der Waals surface area contributed by atoms with Crippen molar-refractivity contribution >= 4 is 11.7 Å². The second-order valence-electron chi connectivity index (χ2n) is 5.67. The minimum atomic E-state index is -0.299. The number of hydrogen-bond donors (Lipinski definition) is 2. The Hall–Kier alpha value is -1.78. The maximum absolute atomic E-state index is 10.7. The van der Waals surface area contributed by atoms with E-state index in [1.54, 1.807) is 4.68 Å². The van der Waals surface area contributed by atoms with Gasteiger partial charge in [-0.05, 0) is 31.6 Å². The number of carbonyl (C=O) groups excluding carboxylic acids is 1. The van der Waals surface area contributed by atoms with Crippen LogP contribution in [0.25, 0.3) is 0 Å². The van der Waals surface area contributed by atoms with Crippen molar-refractivity contribution < 1.29 is 4.79 Å². The molecular weight excluding hydrogens is 252 g/mol. The molecule has 3 N–H and O–H groups in total. The number of aromatic nitrogens is 2. The van der Waals surface area contributed by atoms with E-state index in [1.807, 2.05) is 12.3 Å². The molecular formula is C15H24N4O. The Labute approximate surface area is 120 Å². The van der Waals surface area contributed by atoms with Gasteiger partial charge in [-0.1, -0.05) is 18.6 Å². The van der Waals surface area contributed by atoms with Crippen molar-refractivity contribution in [2.45, 2.75) is 39.7 Å². The molecule has 0 fully saturated rings. The van der Waals surface area contributed by atoms with Gasteiger partial charge in [0.1, 0.15) is 5.82 Å². The monoisotopic (exact) mass is 276 g/mol. The fourth-order valence-corrected chi connectivity index (χ4v) is 2.76. The molecule has 0 aliphatic heterocycles. The number of nitrogens with zero attached hydrogens (tertiary/aromatic N) is 2. The number of anilines is 1. The molecule has 1 amide bonds. The van der Waals surface area contributed by atoms with Crippen molar-refractivity contribution in [3.63, 3.8) is 0 Å². The van der Waals surface area contributed by atoms with Crippen LogP contribution in [0.3, 0.4) is 0 Å². The number of allylic oxidation sites excluding steroid dienone is 1. The third kappa shape index (κ3) is 3.85. The van der Waals surface area contributed by atoms with E-state index >= 15 is 0 Å². The van der Waals surface area contributed by atoms with Crippen molar-refractivity contribution in [2.24, 2.45) is 17.6 Å². The Bertz CT molecular complexity index is 492. The average molecular weight is 276 g/mol. The number of nitrogens with two attached hydrogens (primary N) is 1. The summed E-state index contributed by atoms with van der Waals surface area (Å²) in [4.78, 5) is 10.7. The van der Waals surface area contributed by atoms with E-state index in [-0.39, 0.29) is 5.91 Å². The SMILES string of the molecule is CC1=CCC[C@@H](C)[C@H]1CNc1ccn(CCC(N)=O)n1. The van der Waals surface area contributed by atoms with Gasteiger partial charge in [-0.15, -0.1) is 0 Å². The fraction of sp³-hybridized carbons (Fsp3) is 0.600. The molecule has 0 spiro atoms. The van der Waals surface area contributed by atoms with Crippen molar-refractivity contribution in [1.29, 1.82) is 0 Å². The highest BCUT2D eigenvalue weighted by atomic mass is 16.1. The van der Waals surface area contributed by atoms with Crippen molar-refractivity contribution in [3.8, 4) is 0 Å². The van der Waals surface area contributed by atoms with Gasteiger partial charge < -0.3 is 11.1 Å². The summed E-state index contributed by atoms with van der Waals surface area (Å²) in [5, 5.41) is 7.79. The minimum absolute atomic E-state index is 0.299. The van der Waals surface area contributed by atoms with E-state index in [9.17, 15) is 4.79 Å². The molecule has 0 bridgehead atoms. The van der Waals surface area contributed by atoms with Crippen molar-refractivity contribution in [3.05, 3.63) is 23.9 Å². The second kappa shape index (κ2) is 6.59. The van der Waals surface area contributed by atoms with E-state index in [0.29, 0.717) is 24.8 Å². The van der Waals surface area contributed by atoms with E-state index in [1.165, 1.54) is 18.4 Å². The first-order valence-electron chi connectivity index (χ1n) is 7.28. The van der Waals surface area contributed by atoms with Crippen LogP contribution in [0.1, 0.15) is 33.1 Å². The van der Waals surface area contributed by atoms with Crippen LogP contribution in [0, 0.1) is 11.8 Å². The Morgan fingerprint density at radius 1 is 1.60 bits per heavy atom. The van der Waals surface area contributed by atoms with Gasteiger partial charge in [0.15, 0.2) is 0 Å². The molecule has 20 heavy (non-hydrogen) atoms. The van der Waals surface area contributed by atoms with Crippen LogP contribution in [0.2, 0.25) is 0 Å². The van der Waals surface area contributed by atoms with Crippen molar-refractivity contribution in [1.82, 2.24) is 9.78 Å². The number of nitrogens with one attached hydrogen (secondary N) is 1. The zero-order valence-electron chi connectivity index (χ0n) is 12.3. The highest BCUT2D eigenvalue weighted by Crippen LogP contribution is 2.30. The Morgan fingerprint density at radius 3 is 3.10 bits per heavy atom. The molecule has 1 aliphatic rings. The first kappa shape index (κ1) is 14.6. The van der Waals surface area contributed by atoms with E-state index in [4.69, 9.17) is 5.73 Å². The summed E-state index contributed by atoms with van der Waals surface area (Å²) in [5.41, 5.74) is 6.61. The zero-order valence-corrected chi connectivity index (χ0v) is 12.3. The summed E-state index contributed by atoms with van der Waals surface area (Å²) in [7, 11) is 0. The Balaban J connectivity index is 1.86. The van der Waals surface area contributed by atoms with Crippen LogP contribution in [-0.4, -0.2) is 22.2 Å². The fourth-order valence-electron chi connectivity index (χ4n) is 2.76. The van der Waals surface area contributed by atoms with Crippen LogP contribution in [0.15, 0.2) is 23.9 Å². The molecule has 0 saturated heterocycles. The van der Waals surface area contributed by atoms with Crippen LogP contribution in [0.4, 0.5) is 5.82 Å². The largest absolute Gasteiger partial charge is 0.370 e. The normalized spacial score (nSPS) is 22.4. The van der Waals surface area contributed by atoms with Crippen LogP contribution >= 0.6 is 0 Å². The van der Waals surface area contributed by atoms with Gasteiger partial charge in [0.05, 0.1) is 0 Å². The van der Waals surface area contributed by atoms with Crippen LogP contribution in [0.5, 0.6) is 0 Å². The molecule has 0 aromatic carbocycles. The van der Waals surface area contributed by atoms with Crippen LogP contribution < -0.4 is 11.1 Å². The standard InChI is InChI=1S/C15H24N4O/c1-11-4-3-5-12(2)13(11)10-17-15-7-9-19(18-15)8-6-14(16)20/h4,7,9,12-13H,3,5-6,8,10H2,1-2H3,(H2,16,20)(H,17,18)/t12-,13+/m1/s1. The van der Waals surface area contributed by atoms with Gasteiger partial charge in [0.2, 0.25) is 5.91 Å². The molecule has 5 heteroatoms. The molecule has 2 rings (SSSR count). The molecule has 1 aromatic rings. The summed E-state index contributed by atoms with van der Waals surface area (Å²) in [6.45, 7) is 5.98. The number of aryl methyl sites for hydroxylation is 1. The summed E-state index contributed by atoms with van der Waals surface area (Å²) >= 11 is 0. The van der Waals surface area contributed by atoms with Gasteiger partial charge in [0, 0.05) is 31.8 Å². The Kier molecular flexibility index (Phi) is 4.82. The maximum Gasteiger partial charge on any atom is 0.219 e. The Morgan fingerprint density at radius 2 is 2.40 bits per heavy atom. The third-order valence-corrected chi connectivity index (χ3v) is 4.09. The van der Waals surface area contributed by atoms with Gasteiger partial charge in [-0.3, -0.25) is 9.48 Å². The van der Waals surface area contributed by atoms with E-state index in [0.717, 1.165) is 12.4 Å². The molecule has 1 aromatic heterocycles. The number of hydrogen-bond acceptors (Lipinski definition) is 3. The quantitative estimate of drug-likeness (QED) is 0.782. The predicted octanol–water partition coefficient (Wildman–Crippen LogP) is 2.16. The number of amides is 1. The molecule has 2 atom stereocenters. The molecule has 0 unspecified atom stereocenters. The minimum Gasteiger partial charge on any atom is -0.370 e. The molecule has 1 aliphatic carbocycles. The third-order valence-electron chi connectivity index (χ3n) is 4.09. The first-order valence-corrected chi connectivity index (χ1v) is 7.28. The smallest absolute Gasteiger partial charge is 0.219 e. The topological polar surface area (TPSA) is 72.9 Å². The van der Waals surface area contributed by atoms with Crippen molar-refractivity contribution in [2.75, 3.05) is 11.9 Å². The highest BCUT2D eigenvalue weighted by molar-refractivity contribution is 5.73. The average Bonchev–Trinajstić information content (AvgIpc) is 2.84. The second-order valence-corrected chi connectivity index (χ2v) is 5.67. The maximum atomic E-state index is 10.7. The lowest BCUT2D eigenvalue weighted by Crippen LogP contribution is -2.25. The number of rotatable bonds is 6. The lowest BCUT2D eigenvalue weighted by atomic mass is 9.80. The van der Waals surface area contributed by atoms with E-state index in [2.05, 4.69) is 30.3 Å². The molecule has 0 radical (unpaired) electrons. The van der Waals surface area contributed by atoms with Gasteiger partial charge in [-0.25, -0.2) is 0 Å². The molecule has 110 valence electrons. The van der Waals surface area contributed by atoms with Gasteiger partial charge >= 0.3 is 0 Å².